The molecule has 0 aliphatic carbocycles. The first-order valence-corrected chi connectivity index (χ1v) is 6.48. The Kier molecular flexibility index (Phi) is 3.90. The van der Waals surface area contributed by atoms with Crippen LogP contribution in [0.2, 0.25) is 0 Å². The van der Waals surface area contributed by atoms with E-state index in [0.29, 0.717) is 0 Å². The standard InChI is InChI=1S/C15H21N3O/c1-10(16)8-15-11(2)17-18(12(15)3)13-6-5-7-14(9-13)19-4/h5-7,9-10H,8,16H2,1-4H3. The molecule has 0 radical (unpaired) electrons. The van der Waals surface area contributed by atoms with E-state index in [1.165, 1.54) is 5.56 Å². The van der Waals surface area contributed by atoms with Crippen molar-refractivity contribution in [2.75, 3.05) is 7.11 Å². The van der Waals surface area contributed by atoms with Crippen LogP contribution < -0.4 is 10.5 Å². The van der Waals surface area contributed by atoms with Gasteiger partial charge in [0.05, 0.1) is 18.5 Å². The van der Waals surface area contributed by atoms with Crippen molar-refractivity contribution < 1.29 is 4.74 Å². The minimum atomic E-state index is 0.139. The molecule has 0 aliphatic rings. The lowest BCUT2D eigenvalue weighted by atomic mass is 10.1. The predicted molar refractivity (Wildman–Crippen MR) is 76.9 cm³/mol. The maximum Gasteiger partial charge on any atom is 0.121 e. The molecule has 0 spiro atoms. The molecule has 1 atom stereocenters. The summed E-state index contributed by atoms with van der Waals surface area (Å²) in [5.74, 6) is 0.832. The van der Waals surface area contributed by atoms with Gasteiger partial charge in [0.2, 0.25) is 0 Å². The van der Waals surface area contributed by atoms with Crippen LogP contribution in [-0.2, 0) is 6.42 Å². The van der Waals surface area contributed by atoms with E-state index in [0.717, 1.165) is 29.2 Å². The minimum absolute atomic E-state index is 0.139. The van der Waals surface area contributed by atoms with Gasteiger partial charge >= 0.3 is 0 Å². The summed E-state index contributed by atoms with van der Waals surface area (Å²) in [5.41, 5.74) is 10.3. The SMILES string of the molecule is COc1cccc(-n2nc(C)c(CC(C)N)c2C)c1. The molecule has 0 saturated heterocycles. The molecule has 0 saturated carbocycles. The van der Waals surface area contributed by atoms with Gasteiger partial charge in [-0.05, 0) is 44.9 Å². The van der Waals surface area contributed by atoms with Crippen molar-refractivity contribution in [2.45, 2.75) is 33.2 Å². The van der Waals surface area contributed by atoms with Gasteiger partial charge in [-0.15, -0.1) is 0 Å². The van der Waals surface area contributed by atoms with E-state index in [1.807, 2.05) is 42.8 Å². The minimum Gasteiger partial charge on any atom is -0.497 e. The Morgan fingerprint density at radius 1 is 1.37 bits per heavy atom. The first-order chi connectivity index (χ1) is 9.02. The molecule has 19 heavy (non-hydrogen) atoms. The van der Waals surface area contributed by atoms with Gasteiger partial charge < -0.3 is 10.5 Å². The summed E-state index contributed by atoms with van der Waals surface area (Å²) in [5, 5.41) is 4.61. The van der Waals surface area contributed by atoms with Crippen molar-refractivity contribution in [3.8, 4) is 11.4 Å². The van der Waals surface area contributed by atoms with Gasteiger partial charge in [-0.25, -0.2) is 4.68 Å². The highest BCUT2D eigenvalue weighted by molar-refractivity contribution is 5.42. The number of rotatable bonds is 4. The van der Waals surface area contributed by atoms with Crippen LogP contribution in [0.4, 0.5) is 0 Å². The zero-order valence-corrected chi connectivity index (χ0v) is 12.0. The lowest BCUT2D eigenvalue weighted by Crippen LogP contribution is -2.18. The third-order valence-electron chi connectivity index (χ3n) is 3.27. The smallest absolute Gasteiger partial charge is 0.121 e. The average Bonchev–Trinajstić information content (AvgIpc) is 2.66. The zero-order chi connectivity index (χ0) is 14.0. The highest BCUT2D eigenvalue weighted by atomic mass is 16.5. The highest BCUT2D eigenvalue weighted by Crippen LogP contribution is 2.21. The molecular weight excluding hydrogens is 238 g/mol. The summed E-state index contributed by atoms with van der Waals surface area (Å²) >= 11 is 0. The number of hydrogen-bond donors (Lipinski definition) is 1. The summed E-state index contributed by atoms with van der Waals surface area (Å²) in [7, 11) is 1.67. The normalized spacial score (nSPS) is 12.5. The van der Waals surface area contributed by atoms with Crippen molar-refractivity contribution in [3.05, 3.63) is 41.2 Å². The average molecular weight is 259 g/mol. The fourth-order valence-electron chi connectivity index (χ4n) is 2.29. The second kappa shape index (κ2) is 5.45. The highest BCUT2D eigenvalue weighted by Gasteiger charge is 2.14. The number of methoxy groups -OCH3 is 1. The van der Waals surface area contributed by atoms with Gasteiger partial charge in [-0.1, -0.05) is 6.07 Å². The predicted octanol–water partition coefficient (Wildman–Crippen LogP) is 2.39. The molecule has 102 valence electrons. The Morgan fingerprint density at radius 2 is 2.11 bits per heavy atom. The molecule has 4 heteroatoms. The van der Waals surface area contributed by atoms with Crippen LogP contribution in [0.1, 0.15) is 23.9 Å². The van der Waals surface area contributed by atoms with Crippen LogP contribution in [-0.4, -0.2) is 22.9 Å². The number of benzene rings is 1. The van der Waals surface area contributed by atoms with Gasteiger partial charge in [-0.3, -0.25) is 0 Å². The topological polar surface area (TPSA) is 53.1 Å². The van der Waals surface area contributed by atoms with Crippen LogP contribution in [0, 0.1) is 13.8 Å². The maximum atomic E-state index is 5.90. The third kappa shape index (κ3) is 2.79. The lowest BCUT2D eigenvalue weighted by molar-refractivity contribution is 0.414. The fraction of sp³-hybridized carbons (Fsp3) is 0.400. The number of hydrogen-bond acceptors (Lipinski definition) is 3. The monoisotopic (exact) mass is 259 g/mol. The van der Waals surface area contributed by atoms with E-state index in [-0.39, 0.29) is 6.04 Å². The maximum absolute atomic E-state index is 5.90. The Hall–Kier alpha value is -1.81. The quantitative estimate of drug-likeness (QED) is 0.917. The Balaban J connectivity index is 2.45. The van der Waals surface area contributed by atoms with E-state index in [4.69, 9.17) is 10.5 Å². The van der Waals surface area contributed by atoms with Crippen LogP contribution in [0.3, 0.4) is 0 Å². The first-order valence-electron chi connectivity index (χ1n) is 6.48. The van der Waals surface area contributed by atoms with Gasteiger partial charge in [0, 0.05) is 17.8 Å². The number of aryl methyl sites for hydroxylation is 1. The second-order valence-electron chi connectivity index (χ2n) is 4.94. The number of aromatic nitrogens is 2. The van der Waals surface area contributed by atoms with Gasteiger partial charge in [0.15, 0.2) is 0 Å². The number of nitrogens with two attached hydrogens (primary N) is 1. The van der Waals surface area contributed by atoms with Crippen LogP contribution >= 0.6 is 0 Å². The molecule has 1 heterocycles. The van der Waals surface area contributed by atoms with Crippen molar-refractivity contribution in [2.24, 2.45) is 5.73 Å². The number of nitrogens with zero attached hydrogens (tertiary/aromatic N) is 2. The summed E-state index contributed by atoms with van der Waals surface area (Å²) in [4.78, 5) is 0. The van der Waals surface area contributed by atoms with Crippen molar-refractivity contribution >= 4 is 0 Å². The van der Waals surface area contributed by atoms with Crippen molar-refractivity contribution in [1.29, 1.82) is 0 Å². The Bertz CT molecular complexity index is 573. The van der Waals surface area contributed by atoms with E-state index in [2.05, 4.69) is 12.0 Å². The first kappa shape index (κ1) is 13.6. The third-order valence-corrected chi connectivity index (χ3v) is 3.27. The molecule has 2 aromatic rings. The van der Waals surface area contributed by atoms with Crippen LogP contribution in [0.5, 0.6) is 5.75 Å². The summed E-state index contributed by atoms with van der Waals surface area (Å²) in [6.07, 6.45) is 0.849. The molecule has 2 N–H and O–H groups in total. The van der Waals surface area contributed by atoms with Gasteiger partial charge in [0.1, 0.15) is 5.75 Å². The van der Waals surface area contributed by atoms with Gasteiger partial charge in [-0.2, -0.15) is 5.10 Å². The molecule has 0 amide bonds. The van der Waals surface area contributed by atoms with Crippen molar-refractivity contribution in [1.82, 2.24) is 9.78 Å². The summed E-state index contributed by atoms with van der Waals surface area (Å²) in [6.45, 7) is 6.13. The Labute approximate surface area is 114 Å². The molecule has 0 bridgehead atoms. The van der Waals surface area contributed by atoms with E-state index in [1.54, 1.807) is 7.11 Å². The molecule has 0 fully saturated rings. The molecule has 1 unspecified atom stereocenters. The molecule has 1 aromatic heterocycles. The van der Waals surface area contributed by atoms with Gasteiger partial charge in [0.25, 0.3) is 0 Å². The summed E-state index contributed by atoms with van der Waals surface area (Å²) < 4.78 is 7.21. The molecular formula is C15H21N3O. The Morgan fingerprint density at radius 3 is 2.74 bits per heavy atom. The fourth-order valence-corrected chi connectivity index (χ4v) is 2.29. The van der Waals surface area contributed by atoms with Crippen LogP contribution in [0.15, 0.2) is 24.3 Å². The van der Waals surface area contributed by atoms with E-state index < -0.39 is 0 Å². The van der Waals surface area contributed by atoms with Crippen molar-refractivity contribution in [3.63, 3.8) is 0 Å². The molecule has 0 aliphatic heterocycles. The van der Waals surface area contributed by atoms with E-state index in [9.17, 15) is 0 Å². The lowest BCUT2D eigenvalue weighted by Gasteiger charge is -2.08. The molecule has 4 nitrogen and oxygen atoms in total. The zero-order valence-electron chi connectivity index (χ0n) is 12.0. The molecule has 2 rings (SSSR count). The largest absolute Gasteiger partial charge is 0.497 e. The van der Waals surface area contributed by atoms with Crippen LogP contribution in [0.25, 0.3) is 5.69 Å². The van der Waals surface area contributed by atoms with E-state index >= 15 is 0 Å². The molecule has 1 aromatic carbocycles. The summed E-state index contributed by atoms with van der Waals surface area (Å²) in [6, 6.07) is 8.04. The number of ether oxygens (including phenoxy) is 1. The second-order valence-corrected chi connectivity index (χ2v) is 4.94.